The molecule has 5 nitrogen and oxygen atoms in total. The first-order valence-electron chi connectivity index (χ1n) is 9.06. The highest BCUT2D eigenvalue weighted by atomic mass is 16.5. The van der Waals surface area contributed by atoms with Gasteiger partial charge < -0.3 is 14.4 Å². The summed E-state index contributed by atoms with van der Waals surface area (Å²) >= 11 is 0. The molecule has 1 aromatic heterocycles. The van der Waals surface area contributed by atoms with Crippen molar-refractivity contribution < 1.29 is 9.47 Å². The van der Waals surface area contributed by atoms with Gasteiger partial charge in [0, 0.05) is 38.0 Å². The number of hydrogen-bond acceptors (Lipinski definition) is 5. The third-order valence-corrected chi connectivity index (χ3v) is 4.55. The molecule has 0 saturated carbocycles. The minimum Gasteiger partial charge on any atom is -0.494 e. The normalized spacial score (nSPS) is 18.2. The predicted octanol–water partition coefficient (Wildman–Crippen LogP) is 3.27. The first-order chi connectivity index (χ1) is 12.3. The molecule has 0 aliphatic carbocycles. The van der Waals surface area contributed by atoms with E-state index in [-0.39, 0.29) is 0 Å². The van der Waals surface area contributed by atoms with Crippen LogP contribution in [-0.2, 0) is 11.3 Å². The Balaban J connectivity index is 1.45. The molecule has 1 fully saturated rings. The Morgan fingerprint density at radius 3 is 2.92 bits per heavy atom. The molecule has 1 atom stereocenters. The van der Waals surface area contributed by atoms with Crippen molar-refractivity contribution in [2.45, 2.75) is 31.8 Å². The maximum absolute atomic E-state index is 5.79. The fourth-order valence-electron chi connectivity index (χ4n) is 3.34. The lowest BCUT2D eigenvalue weighted by molar-refractivity contribution is 0.175. The van der Waals surface area contributed by atoms with Crippen LogP contribution in [0, 0.1) is 0 Å². The molecular formula is C20H27N3O2. The lowest BCUT2D eigenvalue weighted by atomic mass is 9.94. The van der Waals surface area contributed by atoms with Crippen LogP contribution < -0.4 is 4.74 Å². The molecule has 3 rings (SSSR count). The van der Waals surface area contributed by atoms with Crippen molar-refractivity contribution in [3.05, 3.63) is 54.1 Å². The van der Waals surface area contributed by atoms with Gasteiger partial charge in [-0.3, -0.25) is 0 Å². The van der Waals surface area contributed by atoms with E-state index in [1.807, 2.05) is 42.6 Å². The van der Waals surface area contributed by atoms with Gasteiger partial charge in [0.15, 0.2) is 5.82 Å². The maximum atomic E-state index is 5.79. The van der Waals surface area contributed by atoms with Crippen molar-refractivity contribution in [2.75, 3.05) is 33.4 Å². The molecule has 0 bridgehead atoms. The number of piperidine rings is 1. The molecule has 0 N–H and O–H groups in total. The Labute approximate surface area is 150 Å². The number of likely N-dealkylation sites (tertiary alicyclic amines) is 1. The second-order valence-electron chi connectivity index (χ2n) is 6.49. The van der Waals surface area contributed by atoms with Crippen LogP contribution in [0.25, 0.3) is 0 Å². The molecule has 1 aliphatic rings. The second kappa shape index (κ2) is 9.49. The largest absolute Gasteiger partial charge is 0.494 e. The number of nitrogens with zero attached hydrogens (tertiary/aromatic N) is 3. The SMILES string of the molecule is COCc1nccc([C@H]2CCCN(CCCOc3ccccc3)C2)n1. The minimum absolute atomic E-state index is 0.473. The summed E-state index contributed by atoms with van der Waals surface area (Å²) < 4.78 is 10.9. The van der Waals surface area contributed by atoms with Crippen LogP contribution in [0.4, 0.5) is 0 Å². The molecule has 0 amide bonds. The number of ether oxygens (including phenoxy) is 2. The van der Waals surface area contributed by atoms with Gasteiger partial charge in [-0.25, -0.2) is 9.97 Å². The van der Waals surface area contributed by atoms with E-state index in [1.165, 1.54) is 12.8 Å². The van der Waals surface area contributed by atoms with E-state index in [1.54, 1.807) is 7.11 Å². The Kier molecular flexibility index (Phi) is 6.77. The van der Waals surface area contributed by atoms with Gasteiger partial charge in [-0.15, -0.1) is 0 Å². The van der Waals surface area contributed by atoms with Crippen molar-refractivity contribution in [3.8, 4) is 5.75 Å². The minimum atomic E-state index is 0.473. The van der Waals surface area contributed by atoms with E-state index < -0.39 is 0 Å². The fourth-order valence-corrected chi connectivity index (χ4v) is 3.34. The van der Waals surface area contributed by atoms with Crippen LogP contribution in [-0.4, -0.2) is 48.2 Å². The second-order valence-corrected chi connectivity index (χ2v) is 6.49. The summed E-state index contributed by atoms with van der Waals surface area (Å²) in [5.74, 6) is 2.21. The Hall–Kier alpha value is -1.98. The molecule has 2 aromatic rings. The molecule has 0 radical (unpaired) electrons. The zero-order chi connectivity index (χ0) is 17.3. The Bertz CT molecular complexity index is 636. The van der Waals surface area contributed by atoms with Crippen LogP contribution in [0.5, 0.6) is 5.75 Å². The Morgan fingerprint density at radius 1 is 1.20 bits per heavy atom. The molecule has 1 aromatic carbocycles. The van der Waals surface area contributed by atoms with Crippen molar-refractivity contribution in [1.82, 2.24) is 14.9 Å². The van der Waals surface area contributed by atoms with E-state index in [4.69, 9.17) is 9.47 Å². The fraction of sp³-hybridized carbons (Fsp3) is 0.500. The van der Waals surface area contributed by atoms with Gasteiger partial charge in [0.2, 0.25) is 0 Å². The van der Waals surface area contributed by atoms with Crippen LogP contribution in [0.1, 0.15) is 36.7 Å². The van der Waals surface area contributed by atoms with Crippen LogP contribution in [0.2, 0.25) is 0 Å². The smallest absolute Gasteiger partial charge is 0.154 e. The number of methoxy groups -OCH3 is 1. The van der Waals surface area contributed by atoms with E-state index in [0.29, 0.717) is 12.5 Å². The summed E-state index contributed by atoms with van der Waals surface area (Å²) in [5, 5.41) is 0. The lowest BCUT2D eigenvalue weighted by Crippen LogP contribution is -2.36. The summed E-state index contributed by atoms with van der Waals surface area (Å²) in [5.41, 5.74) is 1.15. The summed E-state index contributed by atoms with van der Waals surface area (Å²) in [6, 6.07) is 12.1. The summed E-state index contributed by atoms with van der Waals surface area (Å²) in [6.45, 7) is 4.53. The third-order valence-electron chi connectivity index (χ3n) is 4.55. The Morgan fingerprint density at radius 2 is 2.08 bits per heavy atom. The maximum Gasteiger partial charge on any atom is 0.154 e. The van der Waals surface area contributed by atoms with Crippen molar-refractivity contribution in [2.24, 2.45) is 0 Å². The average molecular weight is 341 g/mol. The van der Waals surface area contributed by atoms with Crippen LogP contribution in [0.15, 0.2) is 42.6 Å². The van der Waals surface area contributed by atoms with Crippen LogP contribution in [0.3, 0.4) is 0 Å². The molecule has 5 heteroatoms. The van der Waals surface area contributed by atoms with E-state index in [9.17, 15) is 0 Å². The molecule has 25 heavy (non-hydrogen) atoms. The quantitative estimate of drug-likeness (QED) is 0.690. The van der Waals surface area contributed by atoms with Crippen molar-refractivity contribution in [1.29, 1.82) is 0 Å². The van der Waals surface area contributed by atoms with E-state index in [2.05, 4.69) is 14.9 Å². The van der Waals surface area contributed by atoms with Gasteiger partial charge in [-0.2, -0.15) is 0 Å². The van der Waals surface area contributed by atoms with Gasteiger partial charge in [-0.05, 0) is 44.0 Å². The van der Waals surface area contributed by atoms with Gasteiger partial charge in [0.25, 0.3) is 0 Å². The zero-order valence-corrected chi connectivity index (χ0v) is 14.9. The molecule has 134 valence electrons. The summed E-state index contributed by atoms with van der Waals surface area (Å²) in [4.78, 5) is 11.5. The highest BCUT2D eigenvalue weighted by molar-refractivity contribution is 5.20. The molecular weight excluding hydrogens is 314 g/mol. The molecule has 0 spiro atoms. The highest BCUT2D eigenvalue weighted by Gasteiger charge is 2.22. The first kappa shape index (κ1) is 17.8. The number of rotatable bonds is 8. The van der Waals surface area contributed by atoms with Crippen molar-refractivity contribution >= 4 is 0 Å². The first-order valence-corrected chi connectivity index (χ1v) is 9.06. The van der Waals surface area contributed by atoms with E-state index in [0.717, 1.165) is 49.9 Å². The lowest BCUT2D eigenvalue weighted by Gasteiger charge is -2.32. The molecule has 0 unspecified atom stereocenters. The molecule has 2 heterocycles. The molecule has 1 aliphatic heterocycles. The average Bonchev–Trinajstić information content (AvgIpc) is 2.67. The number of aromatic nitrogens is 2. The topological polar surface area (TPSA) is 47.5 Å². The van der Waals surface area contributed by atoms with Crippen LogP contribution >= 0.6 is 0 Å². The van der Waals surface area contributed by atoms with Gasteiger partial charge >= 0.3 is 0 Å². The van der Waals surface area contributed by atoms with Crippen molar-refractivity contribution in [3.63, 3.8) is 0 Å². The number of para-hydroxylation sites is 1. The van der Waals surface area contributed by atoms with E-state index >= 15 is 0 Å². The number of benzene rings is 1. The third kappa shape index (κ3) is 5.51. The monoisotopic (exact) mass is 341 g/mol. The van der Waals surface area contributed by atoms with Gasteiger partial charge in [-0.1, -0.05) is 18.2 Å². The zero-order valence-electron chi connectivity index (χ0n) is 14.9. The molecule has 1 saturated heterocycles. The summed E-state index contributed by atoms with van der Waals surface area (Å²) in [7, 11) is 1.68. The standard InChI is InChI=1S/C20H27N3O2/c1-24-16-20-21-11-10-19(22-20)17-7-5-12-23(15-17)13-6-14-25-18-8-3-2-4-9-18/h2-4,8-11,17H,5-7,12-16H2,1H3/t17-/m0/s1. The predicted molar refractivity (Wildman–Crippen MR) is 97.7 cm³/mol. The van der Waals surface area contributed by atoms with Gasteiger partial charge in [0.1, 0.15) is 12.4 Å². The number of hydrogen-bond donors (Lipinski definition) is 0. The highest BCUT2D eigenvalue weighted by Crippen LogP contribution is 2.25. The van der Waals surface area contributed by atoms with Gasteiger partial charge in [0.05, 0.1) is 6.61 Å². The summed E-state index contributed by atoms with van der Waals surface area (Å²) in [6.07, 6.45) is 5.30.